The highest BCUT2D eigenvalue weighted by molar-refractivity contribution is 5.89. The predicted octanol–water partition coefficient (Wildman–Crippen LogP) is 3.83. The van der Waals surface area contributed by atoms with Crippen LogP contribution in [0, 0.1) is 0 Å². The second-order valence-electron chi connectivity index (χ2n) is 6.28. The molecule has 0 unspecified atom stereocenters. The van der Waals surface area contributed by atoms with Crippen LogP contribution in [-0.2, 0) is 11.4 Å². The molecule has 0 aliphatic heterocycles. The predicted molar refractivity (Wildman–Crippen MR) is 110 cm³/mol. The van der Waals surface area contributed by atoms with Crippen molar-refractivity contribution in [3.05, 3.63) is 72.6 Å². The van der Waals surface area contributed by atoms with Gasteiger partial charge in [-0.3, -0.25) is 10.1 Å². The highest BCUT2D eigenvalue weighted by Crippen LogP contribution is 2.26. The van der Waals surface area contributed by atoms with Gasteiger partial charge < -0.3 is 18.6 Å². The number of hydrogen-bond donors (Lipinski definition) is 1. The van der Waals surface area contributed by atoms with E-state index in [0.717, 1.165) is 10.8 Å². The summed E-state index contributed by atoms with van der Waals surface area (Å²) in [6.07, 6.45) is 0. The Bertz CT molecular complexity index is 1140. The first kappa shape index (κ1) is 19.3. The minimum absolute atomic E-state index is 0.0187. The first-order valence-corrected chi connectivity index (χ1v) is 9.21. The molecule has 0 radical (unpaired) electrons. The lowest BCUT2D eigenvalue weighted by Crippen LogP contribution is -2.20. The van der Waals surface area contributed by atoms with E-state index in [1.165, 1.54) is 0 Å². The van der Waals surface area contributed by atoms with Crippen molar-refractivity contribution < 1.29 is 23.4 Å². The van der Waals surface area contributed by atoms with E-state index in [9.17, 15) is 4.79 Å². The number of anilines is 1. The van der Waals surface area contributed by atoms with Crippen molar-refractivity contribution in [1.29, 1.82) is 0 Å². The highest BCUT2D eigenvalue weighted by atomic mass is 16.5. The van der Waals surface area contributed by atoms with Crippen molar-refractivity contribution in [3.8, 4) is 17.2 Å². The number of methoxy groups -OCH3 is 1. The number of nitrogens with zero attached hydrogens (tertiary/aromatic N) is 2. The van der Waals surface area contributed by atoms with Gasteiger partial charge in [-0.25, -0.2) is 0 Å². The molecule has 0 fully saturated rings. The molecule has 152 valence electrons. The summed E-state index contributed by atoms with van der Waals surface area (Å²) >= 11 is 0. The molecule has 3 aromatic carbocycles. The first-order chi connectivity index (χ1) is 14.7. The van der Waals surface area contributed by atoms with Crippen LogP contribution in [0.4, 0.5) is 6.01 Å². The number of rotatable bonds is 8. The van der Waals surface area contributed by atoms with Crippen LogP contribution in [0.5, 0.6) is 17.2 Å². The van der Waals surface area contributed by atoms with Gasteiger partial charge in [0.25, 0.3) is 11.8 Å². The van der Waals surface area contributed by atoms with E-state index in [2.05, 4.69) is 15.5 Å². The van der Waals surface area contributed by atoms with Crippen molar-refractivity contribution in [1.82, 2.24) is 10.2 Å². The molecule has 0 aliphatic carbocycles. The van der Waals surface area contributed by atoms with E-state index < -0.39 is 5.91 Å². The second-order valence-corrected chi connectivity index (χ2v) is 6.28. The Morgan fingerprint density at radius 3 is 2.53 bits per heavy atom. The van der Waals surface area contributed by atoms with E-state index >= 15 is 0 Å². The van der Waals surface area contributed by atoms with Gasteiger partial charge in [0.05, 0.1) is 7.11 Å². The fourth-order valence-corrected chi connectivity index (χ4v) is 2.80. The zero-order valence-corrected chi connectivity index (χ0v) is 16.2. The molecule has 0 aliphatic rings. The Hall–Kier alpha value is -4.07. The number of hydrogen-bond acceptors (Lipinski definition) is 7. The number of benzene rings is 3. The standard InChI is InChI=1S/C22H19N3O5/c1-27-16-9-11-17(12-10-16)28-13-20(26)23-22-25-24-21(30-22)14-29-19-8-4-6-15-5-2-3-7-18(15)19/h2-12H,13-14H2,1H3,(H,23,25,26). The van der Waals surface area contributed by atoms with E-state index in [1.807, 2.05) is 42.5 Å². The first-order valence-electron chi connectivity index (χ1n) is 9.21. The zero-order valence-electron chi connectivity index (χ0n) is 16.2. The Labute approximate surface area is 172 Å². The molecule has 0 spiro atoms. The second kappa shape index (κ2) is 8.95. The van der Waals surface area contributed by atoms with E-state index in [1.54, 1.807) is 31.4 Å². The lowest BCUT2D eigenvalue weighted by atomic mass is 10.1. The molecular formula is C22H19N3O5. The molecule has 4 rings (SSSR count). The summed E-state index contributed by atoms with van der Waals surface area (Å²) in [6, 6.07) is 20.6. The van der Waals surface area contributed by atoms with Gasteiger partial charge in [0, 0.05) is 5.39 Å². The third-order valence-corrected chi connectivity index (χ3v) is 4.24. The van der Waals surface area contributed by atoms with Gasteiger partial charge in [0.1, 0.15) is 17.2 Å². The number of aromatic nitrogens is 2. The van der Waals surface area contributed by atoms with Crippen molar-refractivity contribution in [2.45, 2.75) is 6.61 Å². The van der Waals surface area contributed by atoms with Gasteiger partial charge in [-0.1, -0.05) is 41.5 Å². The number of carbonyl (C=O) groups excluding carboxylic acids is 1. The van der Waals surface area contributed by atoms with Crippen LogP contribution in [0.3, 0.4) is 0 Å². The van der Waals surface area contributed by atoms with E-state index in [0.29, 0.717) is 17.2 Å². The molecule has 1 amide bonds. The number of amides is 1. The molecule has 1 aromatic heterocycles. The number of nitrogens with one attached hydrogen (secondary N) is 1. The maximum absolute atomic E-state index is 12.0. The van der Waals surface area contributed by atoms with Crippen molar-refractivity contribution >= 4 is 22.7 Å². The summed E-state index contributed by atoms with van der Waals surface area (Å²) in [5, 5.41) is 12.3. The van der Waals surface area contributed by atoms with Gasteiger partial charge >= 0.3 is 6.01 Å². The summed E-state index contributed by atoms with van der Waals surface area (Å²) in [5.41, 5.74) is 0. The van der Waals surface area contributed by atoms with Crippen LogP contribution in [0.15, 0.2) is 71.1 Å². The SMILES string of the molecule is COc1ccc(OCC(=O)Nc2nnc(COc3cccc4ccccc34)o2)cc1. The maximum atomic E-state index is 12.0. The molecule has 1 N–H and O–H groups in total. The molecule has 1 heterocycles. The Morgan fingerprint density at radius 2 is 1.70 bits per heavy atom. The van der Waals surface area contributed by atoms with Crippen LogP contribution in [0.25, 0.3) is 10.8 Å². The summed E-state index contributed by atoms with van der Waals surface area (Å²) in [6.45, 7) is -0.115. The number of fused-ring (bicyclic) bond motifs is 1. The monoisotopic (exact) mass is 405 g/mol. The average molecular weight is 405 g/mol. The molecular weight excluding hydrogens is 386 g/mol. The van der Waals surface area contributed by atoms with Crippen molar-refractivity contribution in [2.24, 2.45) is 0 Å². The van der Waals surface area contributed by atoms with Crippen LogP contribution < -0.4 is 19.5 Å². The molecule has 4 aromatic rings. The molecule has 8 nitrogen and oxygen atoms in total. The van der Waals surface area contributed by atoms with Crippen molar-refractivity contribution in [2.75, 3.05) is 19.0 Å². The van der Waals surface area contributed by atoms with E-state index in [-0.39, 0.29) is 25.1 Å². The smallest absolute Gasteiger partial charge is 0.322 e. The van der Waals surface area contributed by atoms with Crippen LogP contribution in [0.2, 0.25) is 0 Å². The number of ether oxygens (including phenoxy) is 3. The fraction of sp³-hybridized carbons (Fsp3) is 0.136. The lowest BCUT2D eigenvalue weighted by Gasteiger charge is -2.07. The van der Waals surface area contributed by atoms with Gasteiger partial charge in [-0.2, -0.15) is 0 Å². The number of carbonyl (C=O) groups is 1. The normalized spacial score (nSPS) is 10.6. The summed E-state index contributed by atoms with van der Waals surface area (Å²) in [7, 11) is 1.58. The summed E-state index contributed by atoms with van der Waals surface area (Å²) in [5.74, 6) is 1.78. The zero-order chi connectivity index (χ0) is 20.8. The van der Waals surface area contributed by atoms with Gasteiger partial charge in [0.2, 0.25) is 0 Å². The molecule has 0 atom stereocenters. The lowest BCUT2D eigenvalue weighted by molar-refractivity contribution is -0.118. The van der Waals surface area contributed by atoms with Crippen LogP contribution in [-0.4, -0.2) is 29.8 Å². The summed E-state index contributed by atoms with van der Waals surface area (Å²) < 4.78 is 21.7. The van der Waals surface area contributed by atoms with E-state index in [4.69, 9.17) is 18.6 Å². The minimum atomic E-state index is -0.420. The Kier molecular flexibility index (Phi) is 5.75. The maximum Gasteiger partial charge on any atom is 0.322 e. The fourth-order valence-electron chi connectivity index (χ4n) is 2.80. The van der Waals surface area contributed by atoms with Gasteiger partial charge in [-0.05, 0) is 35.7 Å². The largest absolute Gasteiger partial charge is 0.497 e. The van der Waals surface area contributed by atoms with Gasteiger partial charge in [0.15, 0.2) is 13.2 Å². The topological polar surface area (TPSA) is 95.7 Å². The highest BCUT2D eigenvalue weighted by Gasteiger charge is 2.12. The van der Waals surface area contributed by atoms with Crippen LogP contribution in [0.1, 0.15) is 5.89 Å². The molecule has 8 heteroatoms. The quantitative estimate of drug-likeness (QED) is 0.476. The minimum Gasteiger partial charge on any atom is -0.497 e. The molecule has 30 heavy (non-hydrogen) atoms. The van der Waals surface area contributed by atoms with Gasteiger partial charge in [-0.15, -0.1) is 5.10 Å². The van der Waals surface area contributed by atoms with Crippen LogP contribution >= 0.6 is 0 Å². The third-order valence-electron chi connectivity index (χ3n) is 4.24. The Balaban J connectivity index is 1.29. The average Bonchev–Trinajstić information content (AvgIpc) is 3.23. The molecule has 0 saturated heterocycles. The van der Waals surface area contributed by atoms with Crippen molar-refractivity contribution in [3.63, 3.8) is 0 Å². The molecule has 0 bridgehead atoms. The Morgan fingerprint density at radius 1 is 0.933 bits per heavy atom. The summed E-state index contributed by atoms with van der Waals surface area (Å²) in [4.78, 5) is 12.0. The molecule has 0 saturated carbocycles. The third kappa shape index (κ3) is 4.67.